The number of nitrogens with zero attached hydrogens (tertiary/aromatic N) is 1. The lowest BCUT2D eigenvalue weighted by Crippen LogP contribution is -2.34. The minimum Gasteiger partial charge on any atom is -0.370 e. The molecule has 4 heteroatoms. The van der Waals surface area contributed by atoms with Gasteiger partial charge in [-0.15, -0.1) is 0 Å². The predicted molar refractivity (Wildman–Crippen MR) is 58.0 cm³/mol. The van der Waals surface area contributed by atoms with Crippen molar-refractivity contribution in [3.63, 3.8) is 0 Å². The van der Waals surface area contributed by atoms with Gasteiger partial charge in [0.25, 0.3) is 0 Å². The van der Waals surface area contributed by atoms with Gasteiger partial charge in [0, 0.05) is 25.9 Å². The van der Waals surface area contributed by atoms with Crippen molar-refractivity contribution in [1.82, 2.24) is 4.90 Å². The Morgan fingerprint density at radius 2 is 2.00 bits per heavy atom. The molecule has 0 saturated heterocycles. The Morgan fingerprint density at radius 3 is 2.47 bits per heavy atom. The lowest BCUT2D eigenvalue weighted by Gasteiger charge is -2.21. The lowest BCUT2D eigenvalue weighted by molar-refractivity contribution is -0.133. The molecule has 86 valence electrons. The first-order chi connectivity index (χ1) is 7.13. The zero-order valence-electron chi connectivity index (χ0n) is 9.37. The molecule has 1 aliphatic carbocycles. The van der Waals surface area contributed by atoms with E-state index in [4.69, 9.17) is 5.73 Å². The quantitative estimate of drug-likeness (QED) is 0.681. The van der Waals surface area contributed by atoms with Gasteiger partial charge < -0.3 is 10.6 Å². The van der Waals surface area contributed by atoms with Crippen LogP contribution in [0.2, 0.25) is 0 Å². The van der Waals surface area contributed by atoms with Crippen molar-refractivity contribution in [3.05, 3.63) is 0 Å². The highest BCUT2D eigenvalue weighted by molar-refractivity contribution is 5.82. The standard InChI is InChI=1S/C11H20N2O2/c1-2-7-13(8-9-3-4-9)11(15)6-5-10(12)14/h9H,2-8H2,1H3,(H2,12,14). The predicted octanol–water partition coefficient (Wildman–Crippen LogP) is 0.901. The summed E-state index contributed by atoms with van der Waals surface area (Å²) < 4.78 is 0. The summed E-state index contributed by atoms with van der Waals surface area (Å²) in [7, 11) is 0. The third kappa shape index (κ3) is 4.81. The zero-order chi connectivity index (χ0) is 11.3. The van der Waals surface area contributed by atoms with E-state index >= 15 is 0 Å². The molecule has 15 heavy (non-hydrogen) atoms. The van der Waals surface area contributed by atoms with Gasteiger partial charge >= 0.3 is 0 Å². The van der Waals surface area contributed by atoms with Gasteiger partial charge in [0.05, 0.1) is 0 Å². The first-order valence-electron chi connectivity index (χ1n) is 5.69. The maximum Gasteiger partial charge on any atom is 0.223 e. The van der Waals surface area contributed by atoms with Gasteiger partial charge in [0.2, 0.25) is 11.8 Å². The average molecular weight is 212 g/mol. The number of carbonyl (C=O) groups excluding carboxylic acids is 2. The maximum absolute atomic E-state index is 11.7. The molecule has 1 saturated carbocycles. The van der Waals surface area contributed by atoms with Crippen LogP contribution in [0.25, 0.3) is 0 Å². The summed E-state index contributed by atoms with van der Waals surface area (Å²) in [5, 5.41) is 0. The summed E-state index contributed by atoms with van der Waals surface area (Å²) in [5.41, 5.74) is 5.02. The topological polar surface area (TPSA) is 63.4 Å². The SMILES string of the molecule is CCCN(CC1CC1)C(=O)CCC(N)=O. The monoisotopic (exact) mass is 212 g/mol. The minimum absolute atomic E-state index is 0.0718. The van der Waals surface area contributed by atoms with E-state index < -0.39 is 5.91 Å². The molecule has 0 aromatic rings. The summed E-state index contributed by atoms with van der Waals surface area (Å²) in [4.78, 5) is 24.2. The van der Waals surface area contributed by atoms with Gasteiger partial charge in [-0.2, -0.15) is 0 Å². The van der Waals surface area contributed by atoms with Crippen LogP contribution in [0.15, 0.2) is 0 Å². The van der Waals surface area contributed by atoms with Gasteiger partial charge in [0.15, 0.2) is 0 Å². The van der Waals surface area contributed by atoms with Crippen molar-refractivity contribution >= 4 is 11.8 Å². The Labute approximate surface area is 90.8 Å². The van der Waals surface area contributed by atoms with E-state index in [1.165, 1.54) is 12.8 Å². The molecular weight excluding hydrogens is 192 g/mol. The molecule has 0 radical (unpaired) electrons. The Hall–Kier alpha value is -1.06. The van der Waals surface area contributed by atoms with Crippen LogP contribution >= 0.6 is 0 Å². The first kappa shape index (κ1) is 12.0. The summed E-state index contributed by atoms with van der Waals surface area (Å²) in [6.45, 7) is 3.72. The largest absolute Gasteiger partial charge is 0.370 e. The highest BCUT2D eigenvalue weighted by Crippen LogP contribution is 2.29. The summed E-state index contributed by atoms with van der Waals surface area (Å²) in [6, 6.07) is 0. The number of amides is 2. The molecule has 0 bridgehead atoms. The lowest BCUT2D eigenvalue weighted by atomic mass is 10.2. The van der Waals surface area contributed by atoms with Crippen molar-refractivity contribution in [2.45, 2.75) is 39.0 Å². The molecule has 1 aliphatic rings. The molecule has 1 rings (SSSR count). The fourth-order valence-corrected chi connectivity index (χ4v) is 1.59. The van der Waals surface area contributed by atoms with E-state index in [-0.39, 0.29) is 18.7 Å². The van der Waals surface area contributed by atoms with Crippen LogP contribution in [0.1, 0.15) is 39.0 Å². The third-order valence-electron chi connectivity index (χ3n) is 2.61. The third-order valence-corrected chi connectivity index (χ3v) is 2.61. The number of nitrogens with two attached hydrogens (primary N) is 1. The Kier molecular flexibility index (Phi) is 4.59. The second-order valence-electron chi connectivity index (χ2n) is 4.25. The van der Waals surface area contributed by atoms with E-state index in [2.05, 4.69) is 6.92 Å². The second-order valence-corrected chi connectivity index (χ2v) is 4.25. The molecule has 0 heterocycles. The summed E-state index contributed by atoms with van der Waals surface area (Å²) >= 11 is 0. The van der Waals surface area contributed by atoms with Crippen molar-refractivity contribution in [2.75, 3.05) is 13.1 Å². The Bertz CT molecular complexity index is 237. The van der Waals surface area contributed by atoms with Crippen molar-refractivity contribution in [3.8, 4) is 0 Å². The number of hydrogen-bond donors (Lipinski definition) is 1. The molecule has 2 N–H and O–H groups in total. The van der Waals surface area contributed by atoms with Gasteiger partial charge in [-0.25, -0.2) is 0 Å². The molecule has 0 aromatic carbocycles. The van der Waals surface area contributed by atoms with E-state index in [1.54, 1.807) is 0 Å². The first-order valence-corrected chi connectivity index (χ1v) is 5.69. The minimum atomic E-state index is -0.397. The van der Waals surface area contributed by atoms with Crippen LogP contribution in [-0.2, 0) is 9.59 Å². The molecule has 4 nitrogen and oxygen atoms in total. The fraction of sp³-hybridized carbons (Fsp3) is 0.818. The van der Waals surface area contributed by atoms with Crippen molar-refractivity contribution in [1.29, 1.82) is 0 Å². The maximum atomic E-state index is 11.7. The van der Waals surface area contributed by atoms with Gasteiger partial charge in [-0.1, -0.05) is 6.92 Å². The normalized spacial score (nSPS) is 15.0. The van der Waals surface area contributed by atoms with Crippen molar-refractivity contribution < 1.29 is 9.59 Å². The highest BCUT2D eigenvalue weighted by Gasteiger charge is 2.26. The number of hydrogen-bond acceptors (Lipinski definition) is 2. The molecule has 0 atom stereocenters. The van der Waals surface area contributed by atoms with E-state index in [0.717, 1.165) is 19.5 Å². The summed E-state index contributed by atoms with van der Waals surface area (Å²) in [6.07, 6.45) is 3.88. The van der Waals surface area contributed by atoms with Crippen LogP contribution in [0.4, 0.5) is 0 Å². The van der Waals surface area contributed by atoms with Crippen LogP contribution in [0.5, 0.6) is 0 Å². The van der Waals surface area contributed by atoms with Gasteiger partial charge in [0.1, 0.15) is 0 Å². The Balaban J connectivity index is 2.31. The zero-order valence-corrected chi connectivity index (χ0v) is 9.37. The van der Waals surface area contributed by atoms with Crippen molar-refractivity contribution in [2.24, 2.45) is 11.7 Å². The molecular formula is C11H20N2O2. The molecule has 2 amide bonds. The number of primary amides is 1. The van der Waals surface area contributed by atoms with Gasteiger partial charge in [-0.3, -0.25) is 9.59 Å². The van der Waals surface area contributed by atoms with Crippen LogP contribution < -0.4 is 5.73 Å². The van der Waals surface area contributed by atoms with E-state index in [9.17, 15) is 9.59 Å². The molecule has 0 spiro atoms. The van der Waals surface area contributed by atoms with E-state index in [1.807, 2.05) is 4.90 Å². The van der Waals surface area contributed by atoms with Crippen LogP contribution in [-0.4, -0.2) is 29.8 Å². The smallest absolute Gasteiger partial charge is 0.223 e. The Morgan fingerprint density at radius 1 is 1.33 bits per heavy atom. The van der Waals surface area contributed by atoms with Crippen LogP contribution in [0, 0.1) is 5.92 Å². The molecule has 0 unspecified atom stereocenters. The number of rotatable bonds is 7. The highest BCUT2D eigenvalue weighted by atomic mass is 16.2. The summed E-state index contributed by atoms with van der Waals surface area (Å²) in [5.74, 6) is 0.378. The van der Waals surface area contributed by atoms with Gasteiger partial charge in [-0.05, 0) is 25.2 Å². The average Bonchev–Trinajstić information content (AvgIpc) is 2.97. The van der Waals surface area contributed by atoms with Crippen LogP contribution in [0.3, 0.4) is 0 Å². The molecule has 1 fully saturated rings. The number of carbonyl (C=O) groups is 2. The second kappa shape index (κ2) is 5.73. The molecule has 0 aromatic heterocycles. The molecule has 0 aliphatic heterocycles. The van der Waals surface area contributed by atoms with E-state index in [0.29, 0.717) is 5.92 Å². The fourth-order valence-electron chi connectivity index (χ4n) is 1.59.